The fourth-order valence-electron chi connectivity index (χ4n) is 3.86. The third kappa shape index (κ3) is 4.49. The minimum absolute atomic E-state index is 0.0585. The lowest BCUT2D eigenvalue weighted by Gasteiger charge is -2.16. The number of nitrogens with zero attached hydrogens (tertiary/aromatic N) is 3. The molecule has 0 radical (unpaired) electrons. The monoisotopic (exact) mass is 410 g/mol. The van der Waals surface area contributed by atoms with E-state index in [2.05, 4.69) is 10.2 Å². The second kappa shape index (κ2) is 8.76. The highest BCUT2D eigenvalue weighted by molar-refractivity contribution is 6.30. The number of methoxy groups -OCH3 is 1. The lowest BCUT2D eigenvalue weighted by atomic mass is 9.96. The van der Waals surface area contributed by atoms with Crippen LogP contribution >= 0.6 is 11.6 Å². The van der Waals surface area contributed by atoms with Crippen LogP contribution in [0.15, 0.2) is 54.6 Å². The van der Waals surface area contributed by atoms with Gasteiger partial charge in [0.05, 0.1) is 13.0 Å². The number of ether oxygens (including phenoxy) is 1. The van der Waals surface area contributed by atoms with Crippen LogP contribution in [0.3, 0.4) is 0 Å². The van der Waals surface area contributed by atoms with Gasteiger partial charge in [-0.3, -0.25) is 9.89 Å². The normalized spacial score (nSPS) is 18.9. The standard InChI is InChI=1S/C22H23ClN4O2/c1-29-14-17-12-27(20(28)11-15-6-5-9-18(23)10-15)13-19(17)22-24-21(25-26-22)16-7-3-2-4-8-16/h2-10,17,19H,11-14H2,1H3,(H,24,25,26)/t17-,19+/m0/s1. The van der Waals surface area contributed by atoms with Crippen molar-refractivity contribution in [2.45, 2.75) is 12.3 Å². The average Bonchev–Trinajstić information content (AvgIpc) is 3.36. The number of carbonyl (C=O) groups excluding carboxylic acids is 1. The van der Waals surface area contributed by atoms with E-state index in [1.54, 1.807) is 7.11 Å². The molecule has 0 unspecified atom stereocenters. The van der Waals surface area contributed by atoms with Gasteiger partial charge in [0.1, 0.15) is 5.82 Å². The van der Waals surface area contributed by atoms with Crippen molar-refractivity contribution in [1.29, 1.82) is 0 Å². The molecule has 0 bridgehead atoms. The van der Waals surface area contributed by atoms with Gasteiger partial charge in [0.2, 0.25) is 5.91 Å². The highest BCUT2D eigenvalue weighted by Gasteiger charge is 2.38. The zero-order chi connectivity index (χ0) is 20.2. The molecule has 0 aliphatic carbocycles. The third-order valence-corrected chi connectivity index (χ3v) is 5.54. The van der Waals surface area contributed by atoms with Crippen LogP contribution in [0.1, 0.15) is 17.3 Å². The molecule has 1 aliphatic heterocycles. The van der Waals surface area contributed by atoms with Crippen molar-refractivity contribution < 1.29 is 9.53 Å². The Morgan fingerprint density at radius 1 is 1.21 bits per heavy atom. The largest absolute Gasteiger partial charge is 0.384 e. The van der Waals surface area contributed by atoms with Gasteiger partial charge in [-0.15, -0.1) is 0 Å². The van der Waals surface area contributed by atoms with E-state index in [0.29, 0.717) is 37.0 Å². The van der Waals surface area contributed by atoms with Crippen LogP contribution in [0.5, 0.6) is 0 Å². The van der Waals surface area contributed by atoms with E-state index in [9.17, 15) is 4.79 Å². The lowest BCUT2D eigenvalue weighted by Crippen LogP contribution is -2.30. The highest BCUT2D eigenvalue weighted by Crippen LogP contribution is 2.32. The molecule has 2 aromatic carbocycles. The maximum Gasteiger partial charge on any atom is 0.227 e. The molecule has 2 atom stereocenters. The van der Waals surface area contributed by atoms with Gasteiger partial charge in [0, 0.05) is 42.6 Å². The molecule has 7 heteroatoms. The Hall–Kier alpha value is -2.70. The van der Waals surface area contributed by atoms with E-state index >= 15 is 0 Å². The maximum absolute atomic E-state index is 12.9. The number of rotatable bonds is 6. The van der Waals surface area contributed by atoms with E-state index in [-0.39, 0.29) is 17.7 Å². The summed E-state index contributed by atoms with van der Waals surface area (Å²) in [6.45, 7) is 1.79. The van der Waals surface area contributed by atoms with Crippen LogP contribution in [0.4, 0.5) is 0 Å². The first kappa shape index (κ1) is 19.6. The number of nitrogens with one attached hydrogen (secondary N) is 1. The van der Waals surface area contributed by atoms with E-state index in [0.717, 1.165) is 17.0 Å². The lowest BCUT2D eigenvalue weighted by molar-refractivity contribution is -0.129. The van der Waals surface area contributed by atoms with Crippen LogP contribution < -0.4 is 0 Å². The van der Waals surface area contributed by atoms with Crippen molar-refractivity contribution in [3.05, 3.63) is 71.0 Å². The van der Waals surface area contributed by atoms with Gasteiger partial charge in [-0.2, -0.15) is 5.10 Å². The summed E-state index contributed by atoms with van der Waals surface area (Å²) < 4.78 is 5.41. The minimum Gasteiger partial charge on any atom is -0.384 e. The van der Waals surface area contributed by atoms with Crippen molar-refractivity contribution in [3.63, 3.8) is 0 Å². The zero-order valence-corrected chi connectivity index (χ0v) is 17.0. The molecular weight excluding hydrogens is 388 g/mol. The Bertz CT molecular complexity index is 976. The quantitative estimate of drug-likeness (QED) is 0.674. The van der Waals surface area contributed by atoms with Crippen molar-refractivity contribution in [3.8, 4) is 11.4 Å². The Labute approximate surface area is 174 Å². The number of hydrogen-bond donors (Lipinski definition) is 1. The maximum atomic E-state index is 12.9. The van der Waals surface area contributed by atoms with Crippen LogP contribution in [0.2, 0.25) is 5.02 Å². The number of carbonyl (C=O) groups is 1. The summed E-state index contributed by atoms with van der Waals surface area (Å²) in [5.41, 5.74) is 1.88. The zero-order valence-electron chi connectivity index (χ0n) is 16.2. The van der Waals surface area contributed by atoms with Gasteiger partial charge in [-0.05, 0) is 17.7 Å². The molecule has 1 saturated heterocycles. The second-order valence-electron chi connectivity index (χ2n) is 7.34. The van der Waals surface area contributed by atoms with Gasteiger partial charge in [0.25, 0.3) is 0 Å². The number of hydrogen-bond acceptors (Lipinski definition) is 4. The number of benzene rings is 2. The summed E-state index contributed by atoms with van der Waals surface area (Å²) in [6, 6.07) is 17.3. The summed E-state index contributed by atoms with van der Waals surface area (Å²) in [7, 11) is 1.68. The summed E-state index contributed by atoms with van der Waals surface area (Å²) in [5.74, 6) is 1.77. The van der Waals surface area contributed by atoms with Gasteiger partial charge in [-0.25, -0.2) is 4.98 Å². The smallest absolute Gasteiger partial charge is 0.227 e. The molecule has 1 aromatic heterocycles. The molecule has 1 N–H and O–H groups in total. The van der Waals surface area contributed by atoms with Gasteiger partial charge < -0.3 is 9.64 Å². The molecule has 2 heterocycles. The molecular formula is C22H23ClN4O2. The van der Waals surface area contributed by atoms with Crippen molar-refractivity contribution in [2.24, 2.45) is 5.92 Å². The molecule has 1 fully saturated rings. The van der Waals surface area contributed by atoms with Crippen LogP contribution in [-0.4, -0.2) is 52.8 Å². The molecule has 150 valence electrons. The minimum atomic E-state index is 0.0585. The first-order valence-electron chi connectivity index (χ1n) is 9.63. The molecule has 0 saturated carbocycles. The Balaban J connectivity index is 1.50. The molecule has 1 aliphatic rings. The summed E-state index contributed by atoms with van der Waals surface area (Å²) in [6.07, 6.45) is 0.332. The first-order chi connectivity index (χ1) is 14.1. The number of amides is 1. The Morgan fingerprint density at radius 3 is 2.79 bits per heavy atom. The number of likely N-dealkylation sites (tertiary alicyclic amines) is 1. The summed E-state index contributed by atoms with van der Waals surface area (Å²) in [4.78, 5) is 19.5. The molecule has 3 aromatic rings. The first-order valence-corrected chi connectivity index (χ1v) is 10.0. The van der Waals surface area contributed by atoms with Crippen LogP contribution in [0.25, 0.3) is 11.4 Å². The SMILES string of the molecule is COC[C@@H]1CN(C(=O)Cc2cccc(Cl)c2)C[C@H]1c1nc(-c2ccccc2)n[nH]1. The number of aromatic nitrogens is 3. The number of H-pyrrole nitrogens is 1. The van der Waals surface area contributed by atoms with Gasteiger partial charge >= 0.3 is 0 Å². The van der Waals surface area contributed by atoms with Crippen molar-refractivity contribution in [2.75, 3.05) is 26.8 Å². The van der Waals surface area contributed by atoms with E-state index in [4.69, 9.17) is 21.3 Å². The van der Waals surface area contributed by atoms with E-state index in [1.165, 1.54) is 0 Å². The summed E-state index contributed by atoms with van der Waals surface area (Å²) >= 11 is 6.05. The predicted molar refractivity (Wildman–Crippen MR) is 112 cm³/mol. The van der Waals surface area contributed by atoms with Crippen LogP contribution in [-0.2, 0) is 16.0 Å². The number of aromatic amines is 1. The average molecular weight is 411 g/mol. The highest BCUT2D eigenvalue weighted by atomic mass is 35.5. The van der Waals surface area contributed by atoms with Crippen LogP contribution in [0, 0.1) is 5.92 Å². The topological polar surface area (TPSA) is 71.1 Å². The van der Waals surface area contributed by atoms with Crippen molar-refractivity contribution >= 4 is 17.5 Å². The molecule has 6 nitrogen and oxygen atoms in total. The second-order valence-corrected chi connectivity index (χ2v) is 7.77. The van der Waals surface area contributed by atoms with E-state index in [1.807, 2.05) is 59.5 Å². The third-order valence-electron chi connectivity index (χ3n) is 5.30. The fourth-order valence-corrected chi connectivity index (χ4v) is 4.07. The molecule has 1 amide bonds. The Morgan fingerprint density at radius 2 is 2.03 bits per heavy atom. The molecule has 4 rings (SSSR count). The van der Waals surface area contributed by atoms with Gasteiger partial charge in [-0.1, -0.05) is 54.1 Å². The molecule has 29 heavy (non-hydrogen) atoms. The predicted octanol–water partition coefficient (Wildman–Crippen LogP) is 3.56. The van der Waals surface area contributed by atoms with Crippen molar-refractivity contribution in [1.82, 2.24) is 20.1 Å². The van der Waals surface area contributed by atoms with Gasteiger partial charge in [0.15, 0.2) is 5.82 Å². The summed E-state index contributed by atoms with van der Waals surface area (Å²) in [5, 5.41) is 8.10. The number of halogens is 1. The Kier molecular flexibility index (Phi) is 5.92. The van der Waals surface area contributed by atoms with E-state index < -0.39 is 0 Å². The molecule has 0 spiro atoms. The fraction of sp³-hybridized carbons (Fsp3) is 0.318.